The summed E-state index contributed by atoms with van der Waals surface area (Å²) in [5, 5.41) is 2.62. The molecule has 3 aromatic rings. The molecule has 0 radical (unpaired) electrons. The first-order valence-corrected chi connectivity index (χ1v) is 7.19. The molecule has 2 nitrogen and oxygen atoms in total. The second kappa shape index (κ2) is 5.68. The Morgan fingerprint density at radius 3 is 2.00 bits per heavy atom. The third-order valence-electron chi connectivity index (χ3n) is 3.37. The van der Waals surface area contributed by atoms with Crippen LogP contribution in [0.1, 0.15) is 0 Å². The molecular formula is C16H17NOS. The van der Waals surface area contributed by atoms with Gasteiger partial charge < -0.3 is 9.30 Å². The zero-order valence-corrected chi connectivity index (χ0v) is 11.6. The lowest BCUT2D eigenvalue weighted by Gasteiger charge is -2.07. The van der Waals surface area contributed by atoms with Crippen LogP contribution in [0.25, 0.3) is 21.8 Å². The van der Waals surface area contributed by atoms with Gasteiger partial charge in [-0.1, -0.05) is 36.4 Å². The zero-order chi connectivity index (χ0) is 13.1. The van der Waals surface area contributed by atoms with Gasteiger partial charge in [0.25, 0.3) is 0 Å². The van der Waals surface area contributed by atoms with Crippen LogP contribution in [0.3, 0.4) is 0 Å². The third kappa shape index (κ3) is 2.36. The van der Waals surface area contributed by atoms with Crippen molar-refractivity contribution in [3.8, 4) is 0 Å². The molecule has 0 spiro atoms. The topological polar surface area (TPSA) is 14.2 Å². The minimum absolute atomic E-state index is 0.709. The Kier molecular flexibility index (Phi) is 3.76. The maximum absolute atomic E-state index is 5.56. The van der Waals surface area contributed by atoms with Crippen LogP contribution in [0, 0.1) is 0 Å². The van der Waals surface area contributed by atoms with Crippen molar-refractivity contribution in [2.45, 2.75) is 6.54 Å². The van der Waals surface area contributed by atoms with Crippen molar-refractivity contribution >= 4 is 34.4 Å². The van der Waals surface area contributed by atoms with Crippen LogP contribution >= 0.6 is 12.6 Å². The minimum Gasteiger partial charge on any atom is -0.379 e. The van der Waals surface area contributed by atoms with E-state index in [-0.39, 0.29) is 0 Å². The maximum atomic E-state index is 5.56. The van der Waals surface area contributed by atoms with E-state index in [1.165, 1.54) is 21.8 Å². The summed E-state index contributed by atoms with van der Waals surface area (Å²) in [7, 11) is 0. The number of fused-ring (bicyclic) bond motifs is 3. The summed E-state index contributed by atoms with van der Waals surface area (Å²) in [4.78, 5) is 0. The van der Waals surface area contributed by atoms with Gasteiger partial charge in [-0.15, -0.1) is 0 Å². The normalized spacial score (nSPS) is 11.4. The number of thiol groups is 1. The van der Waals surface area contributed by atoms with Gasteiger partial charge in [0, 0.05) is 34.1 Å². The molecule has 0 saturated heterocycles. The second-order valence-corrected chi connectivity index (χ2v) is 4.97. The highest BCUT2D eigenvalue weighted by molar-refractivity contribution is 7.80. The molecule has 98 valence electrons. The first-order chi connectivity index (χ1) is 9.42. The lowest BCUT2D eigenvalue weighted by Crippen LogP contribution is -2.07. The number of rotatable bonds is 5. The summed E-state index contributed by atoms with van der Waals surface area (Å²) in [6.07, 6.45) is 0. The van der Waals surface area contributed by atoms with Gasteiger partial charge in [0.15, 0.2) is 0 Å². The van der Waals surface area contributed by atoms with E-state index in [9.17, 15) is 0 Å². The van der Waals surface area contributed by atoms with Gasteiger partial charge in [-0.2, -0.15) is 12.6 Å². The van der Waals surface area contributed by atoms with Gasteiger partial charge in [-0.25, -0.2) is 0 Å². The van der Waals surface area contributed by atoms with E-state index in [0.717, 1.165) is 18.9 Å². The molecular weight excluding hydrogens is 254 g/mol. The quantitative estimate of drug-likeness (QED) is 0.551. The molecule has 0 aliphatic carbocycles. The van der Waals surface area contributed by atoms with Crippen LogP contribution in [-0.2, 0) is 11.3 Å². The molecule has 0 saturated carbocycles. The van der Waals surface area contributed by atoms with E-state index in [0.29, 0.717) is 6.61 Å². The van der Waals surface area contributed by atoms with E-state index in [4.69, 9.17) is 4.74 Å². The van der Waals surface area contributed by atoms with Crippen molar-refractivity contribution in [2.75, 3.05) is 19.0 Å². The van der Waals surface area contributed by atoms with Crippen molar-refractivity contribution in [2.24, 2.45) is 0 Å². The number of hydrogen-bond donors (Lipinski definition) is 1. The summed E-state index contributed by atoms with van der Waals surface area (Å²) >= 11 is 4.15. The summed E-state index contributed by atoms with van der Waals surface area (Å²) in [5.41, 5.74) is 2.55. The first-order valence-electron chi connectivity index (χ1n) is 6.56. The summed E-state index contributed by atoms with van der Waals surface area (Å²) < 4.78 is 7.89. The van der Waals surface area contributed by atoms with E-state index in [1.807, 2.05) is 0 Å². The number of hydrogen-bond acceptors (Lipinski definition) is 2. The largest absolute Gasteiger partial charge is 0.379 e. The highest BCUT2D eigenvalue weighted by Gasteiger charge is 2.08. The van der Waals surface area contributed by atoms with Gasteiger partial charge >= 0.3 is 0 Å². The first kappa shape index (κ1) is 12.6. The Labute approximate surface area is 118 Å². The van der Waals surface area contributed by atoms with Gasteiger partial charge in [0.2, 0.25) is 0 Å². The van der Waals surface area contributed by atoms with Crippen molar-refractivity contribution in [1.29, 1.82) is 0 Å². The molecule has 1 heterocycles. The van der Waals surface area contributed by atoms with Crippen LogP contribution in [-0.4, -0.2) is 23.5 Å². The molecule has 0 aliphatic rings. The predicted octanol–water partition coefficient (Wildman–Crippen LogP) is 3.74. The zero-order valence-electron chi connectivity index (χ0n) is 10.7. The molecule has 0 fully saturated rings. The number of benzene rings is 2. The molecule has 1 aromatic heterocycles. The van der Waals surface area contributed by atoms with Crippen LogP contribution in [0.4, 0.5) is 0 Å². The fraction of sp³-hybridized carbons (Fsp3) is 0.250. The van der Waals surface area contributed by atoms with E-state index >= 15 is 0 Å². The lowest BCUT2D eigenvalue weighted by atomic mass is 10.2. The van der Waals surface area contributed by atoms with Gasteiger partial charge in [0.05, 0.1) is 13.2 Å². The number of nitrogens with zero attached hydrogens (tertiary/aromatic N) is 1. The Hall–Kier alpha value is -1.45. The Morgan fingerprint density at radius 1 is 0.842 bits per heavy atom. The number of ether oxygens (including phenoxy) is 1. The van der Waals surface area contributed by atoms with Crippen molar-refractivity contribution in [3.05, 3.63) is 48.5 Å². The predicted molar refractivity (Wildman–Crippen MR) is 84.1 cm³/mol. The van der Waals surface area contributed by atoms with Crippen molar-refractivity contribution in [3.63, 3.8) is 0 Å². The van der Waals surface area contributed by atoms with Crippen LogP contribution in [0.2, 0.25) is 0 Å². The van der Waals surface area contributed by atoms with Gasteiger partial charge in [-0.05, 0) is 12.1 Å². The van der Waals surface area contributed by atoms with Gasteiger partial charge in [-0.3, -0.25) is 0 Å². The highest BCUT2D eigenvalue weighted by Crippen LogP contribution is 2.28. The molecule has 19 heavy (non-hydrogen) atoms. The fourth-order valence-corrected chi connectivity index (χ4v) is 2.70. The SMILES string of the molecule is SCCOCCn1c2ccccc2c2ccccc21. The molecule has 0 unspecified atom stereocenters. The monoisotopic (exact) mass is 271 g/mol. The van der Waals surface area contributed by atoms with E-state index in [1.54, 1.807) is 0 Å². The highest BCUT2D eigenvalue weighted by atomic mass is 32.1. The maximum Gasteiger partial charge on any atom is 0.0646 e. The Balaban J connectivity index is 2.04. The third-order valence-corrected chi connectivity index (χ3v) is 3.56. The second-order valence-electron chi connectivity index (χ2n) is 4.52. The average Bonchev–Trinajstić information content (AvgIpc) is 2.78. The molecule has 0 aliphatic heterocycles. The number of para-hydroxylation sites is 2. The van der Waals surface area contributed by atoms with Crippen LogP contribution < -0.4 is 0 Å². The van der Waals surface area contributed by atoms with Gasteiger partial charge in [0.1, 0.15) is 0 Å². The van der Waals surface area contributed by atoms with Crippen molar-refractivity contribution < 1.29 is 4.74 Å². The van der Waals surface area contributed by atoms with E-state index in [2.05, 4.69) is 65.7 Å². The lowest BCUT2D eigenvalue weighted by molar-refractivity contribution is 0.143. The molecule has 0 bridgehead atoms. The van der Waals surface area contributed by atoms with Crippen LogP contribution in [0.5, 0.6) is 0 Å². The summed E-state index contributed by atoms with van der Waals surface area (Å²) in [6, 6.07) is 17.1. The molecule has 0 atom stereocenters. The standard InChI is InChI=1S/C16H17NOS/c19-12-11-18-10-9-17-15-7-3-1-5-13(15)14-6-2-4-8-16(14)17/h1-8,19H,9-12H2. The summed E-state index contributed by atoms with van der Waals surface area (Å²) in [6.45, 7) is 2.31. The minimum atomic E-state index is 0.709. The van der Waals surface area contributed by atoms with Crippen molar-refractivity contribution in [1.82, 2.24) is 4.57 Å². The fourth-order valence-electron chi connectivity index (χ4n) is 2.57. The smallest absolute Gasteiger partial charge is 0.0646 e. The summed E-state index contributed by atoms with van der Waals surface area (Å²) in [5.74, 6) is 0.771. The molecule has 0 N–H and O–H groups in total. The molecule has 2 aromatic carbocycles. The van der Waals surface area contributed by atoms with Crippen LogP contribution in [0.15, 0.2) is 48.5 Å². The molecule has 3 rings (SSSR count). The molecule has 0 amide bonds. The Morgan fingerprint density at radius 2 is 1.42 bits per heavy atom. The average molecular weight is 271 g/mol. The Bertz CT molecular complexity index is 636. The molecule has 3 heteroatoms. The van der Waals surface area contributed by atoms with E-state index < -0.39 is 0 Å². The number of aromatic nitrogens is 1.